The summed E-state index contributed by atoms with van der Waals surface area (Å²) in [4.78, 5) is 11.2. The van der Waals surface area contributed by atoms with Crippen molar-refractivity contribution in [3.63, 3.8) is 0 Å². The Morgan fingerprint density at radius 3 is 2.41 bits per heavy atom. The molecule has 176 valence electrons. The van der Waals surface area contributed by atoms with Gasteiger partial charge in [-0.1, -0.05) is 30.3 Å². The van der Waals surface area contributed by atoms with Gasteiger partial charge >= 0.3 is 0 Å². The lowest BCUT2D eigenvalue weighted by Gasteiger charge is -2.30. The Bertz CT molecular complexity index is 1250. The van der Waals surface area contributed by atoms with Gasteiger partial charge in [0.15, 0.2) is 11.5 Å². The molecule has 0 radical (unpaired) electrons. The van der Waals surface area contributed by atoms with Crippen molar-refractivity contribution < 1.29 is 4.74 Å². The largest absolute Gasteiger partial charge is 0.497 e. The van der Waals surface area contributed by atoms with E-state index in [1.807, 2.05) is 24.3 Å². The molecule has 0 aliphatic rings. The van der Waals surface area contributed by atoms with E-state index < -0.39 is 0 Å². The average molecular weight is 458 g/mol. The highest BCUT2D eigenvalue weighted by atomic mass is 16.5. The summed E-state index contributed by atoms with van der Waals surface area (Å²) in [6.45, 7) is 10.4. The number of nitrogens with zero attached hydrogens (tertiary/aromatic N) is 7. The summed E-state index contributed by atoms with van der Waals surface area (Å²) < 4.78 is 7.07. The van der Waals surface area contributed by atoms with E-state index in [1.165, 1.54) is 11.9 Å². The van der Waals surface area contributed by atoms with Crippen molar-refractivity contribution in [1.29, 1.82) is 0 Å². The second-order valence-electron chi connectivity index (χ2n) is 8.77. The molecule has 0 saturated heterocycles. The fourth-order valence-electron chi connectivity index (χ4n) is 3.95. The molecule has 0 aliphatic carbocycles. The fourth-order valence-corrected chi connectivity index (χ4v) is 3.95. The summed E-state index contributed by atoms with van der Waals surface area (Å²) in [5, 5.41) is 14.0. The monoisotopic (exact) mass is 457 g/mol. The van der Waals surface area contributed by atoms with Crippen molar-refractivity contribution >= 4 is 16.9 Å². The number of ether oxygens (including phenoxy) is 1. The maximum Gasteiger partial charge on any atom is 0.188 e. The van der Waals surface area contributed by atoms with Crippen molar-refractivity contribution in [1.82, 2.24) is 24.6 Å². The molecular formula is C26H31N7O. The molecule has 0 N–H and O–H groups in total. The summed E-state index contributed by atoms with van der Waals surface area (Å²) >= 11 is 0. The third kappa shape index (κ3) is 5.28. The first-order valence-electron chi connectivity index (χ1n) is 11.5. The first kappa shape index (κ1) is 23.5. The van der Waals surface area contributed by atoms with Gasteiger partial charge in [0, 0.05) is 24.7 Å². The summed E-state index contributed by atoms with van der Waals surface area (Å²) in [7, 11) is 1.64. The Labute approximate surface area is 200 Å². The van der Waals surface area contributed by atoms with Crippen molar-refractivity contribution in [2.45, 2.75) is 52.9 Å². The molecule has 34 heavy (non-hydrogen) atoms. The molecule has 4 aromatic rings. The minimum atomic E-state index is 0.480. The van der Waals surface area contributed by atoms with Gasteiger partial charge in [0.05, 0.1) is 30.9 Å². The van der Waals surface area contributed by atoms with Gasteiger partial charge in [0.1, 0.15) is 12.1 Å². The van der Waals surface area contributed by atoms with Crippen LogP contribution in [0.4, 0.5) is 5.82 Å². The van der Waals surface area contributed by atoms with Gasteiger partial charge < -0.3 is 4.74 Å². The zero-order valence-electron chi connectivity index (χ0n) is 20.4. The van der Waals surface area contributed by atoms with Gasteiger partial charge in [-0.25, -0.2) is 14.6 Å². The van der Waals surface area contributed by atoms with E-state index in [-0.39, 0.29) is 0 Å². The predicted octanol–water partition coefficient (Wildman–Crippen LogP) is 5.73. The molecule has 0 fully saturated rings. The Kier molecular flexibility index (Phi) is 7.27. The minimum Gasteiger partial charge on any atom is -0.497 e. The second kappa shape index (κ2) is 10.5. The molecule has 0 bridgehead atoms. The standard InChI is InChI=1S/C26H31N7O/c1-18(2)32(19(3)4)16-21-11-9-20(10-12-21)14-29-31-25-24-15-30-33(26(24)28-17-27-25)22-7-6-8-23(13-22)34-5/h6-13,15,17-19H,14,16H2,1-5H3. The first-order valence-corrected chi connectivity index (χ1v) is 11.5. The van der Waals surface area contributed by atoms with Crippen molar-refractivity contribution in [2.75, 3.05) is 7.11 Å². The molecule has 2 heterocycles. The van der Waals surface area contributed by atoms with Gasteiger partial charge in [0.2, 0.25) is 0 Å². The Balaban J connectivity index is 1.47. The molecule has 2 aromatic carbocycles. The first-order chi connectivity index (χ1) is 16.5. The molecule has 2 aromatic heterocycles. The van der Waals surface area contributed by atoms with E-state index in [9.17, 15) is 0 Å². The predicted molar refractivity (Wildman–Crippen MR) is 134 cm³/mol. The van der Waals surface area contributed by atoms with Crippen LogP contribution >= 0.6 is 0 Å². The van der Waals surface area contributed by atoms with Crippen molar-refractivity contribution in [3.8, 4) is 11.4 Å². The zero-order valence-corrected chi connectivity index (χ0v) is 20.4. The molecule has 8 nitrogen and oxygen atoms in total. The van der Waals surface area contributed by atoms with Crippen LogP contribution in [-0.2, 0) is 13.1 Å². The third-order valence-corrected chi connectivity index (χ3v) is 5.78. The fraction of sp³-hybridized carbons (Fsp3) is 0.346. The molecule has 4 rings (SSSR count). The number of rotatable bonds is 9. The highest BCUT2D eigenvalue weighted by Gasteiger charge is 2.14. The number of hydrogen-bond donors (Lipinski definition) is 0. The normalized spacial score (nSPS) is 12.0. The molecule has 0 atom stereocenters. The molecular weight excluding hydrogens is 426 g/mol. The SMILES string of the molecule is COc1cccc(-n2ncc3c(N=NCc4ccc(CN(C(C)C)C(C)C)cc4)ncnc32)c1. The molecule has 0 spiro atoms. The number of aromatic nitrogens is 4. The number of methoxy groups -OCH3 is 1. The number of fused-ring (bicyclic) bond motifs is 1. The van der Waals surface area contributed by atoms with Crippen LogP contribution in [0, 0.1) is 0 Å². The van der Waals surface area contributed by atoms with E-state index in [4.69, 9.17) is 4.74 Å². The summed E-state index contributed by atoms with van der Waals surface area (Å²) in [6, 6.07) is 17.2. The van der Waals surface area contributed by atoms with Crippen LogP contribution in [0.2, 0.25) is 0 Å². The van der Waals surface area contributed by atoms with Gasteiger partial charge in [-0.05, 0) is 51.0 Å². The van der Waals surface area contributed by atoms with Crippen LogP contribution in [0.25, 0.3) is 16.7 Å². The smallest absolute Gasteiger partial charge is 0.188 e. The van der Waals surface area contributed by atoms with E-state index >= 15 is 0 Å². The summed E-state index contributed by atoms with van der Waals surface area (Å²) in [5.41, 5.74) is 3.92. The van der Waals surface area contributed by atoms with Gasteiger partial charge in [-0.3, -0.25) is 4.90 Å². The average Bonchev–Trinajstić information content (AvgIpc) is 3.28. The molecule has 8 heteroatoms. The molecule has 0 saturated carbocycles. The van der Waals surface area contributed by atoms with E-state index in [0.29, 0.717) is 30.1 Å². The summed E-state index contributed by atoms with van der Waals surface area (Å²) in [6.07, 6.45) is 3.20. The molecule has 0 unspecified atom stereocenters. The van der Waals surface area contributed by atoms with E-state index in [1.54, 1.807) is 18.0 Å². The van der Waals surface area contributed by atoms with Crippen LogP contribution in [0.3, 0.4) is 0 Å². The zero-order chi connectivity index (χ0) is 24.1. The van der Waals surface area contributed by atoms with Crippen molar-refractivity contribution in [2.24, 2.45) is 10.2 Å². The third-order valence-electron chi connectivity index (χ3n) is 5.78. The molecule has 0 amide bonds. The Hall–Kier alpha value is -3.65. The van der Waals surface area contributed by atoms with Gasteiger partial charge in [-0.2, -0.15) is 10.2 Å². The van der Waals surface area contributed by atoms with Crippen LogP contribution in [0.15, 0.2) is 71.3 Å². The van der Waals surface area contributed by atoms with Crippen LogP contribution in [-0.4, -0.2) is 43.8 Å². The van der Waals surface area contributed by atoms with Crippen LogP contribution < -0.4 is 4.74 Å². The van der Waals surface area contributed by atoms with Gasteiger partial charge in [-0.15, -0.1) is 5.11 Å². The minimum absolute atomic E-state index is 0.480. The maximum atomic E-state index is 5.32. The number of azo groups is 1. The lowest BCUT2D eigenvalue weighted by atomic mass is 10.1. The quantitative estimate of drug-likeness (QED) is 0.300. The number of benzene rings is 2. The van der Waals surface area contributed by atoms with Crippen LogP contribution in [0.1, 0.15) is 38.8 Å². The topological polar surface area (TPSA) is 80.8 Å². The highest BCUT2D eigenvalue weighted by molar-refractivity contribution is 5.85. The number of hydrogen-bond acceptors (Lipinski definition) is 7. The molecule has 0 aliphatic heterocycles. The second-order valence-corrected chi connectivity index (χ2v) is 8.77. The van der Waals surface area contributed by atoms with Gasteiger partial charge in [0.25, 0.3) is 0 Å². The Morgan fingerprint density at radius 1 is 0.971 bits per heavy atom. The van der Waals surface area contributed by atoms with E-state index in [2.05, 4.69) is 82.2 Å². The summed E-state index contributed by atoms with van der Waals surface area (Å²) in [5.74, 6) is 1.25. The maximum absolute atomic E-state index is 5.32. The highest BCUT2D eigenvalue weighted by Crippen LogP contribution is 2.25. The van der Waals surface area contributed by atoms with E-state index in [0.717, 1.165) is 28.9 Å². The van der Waals surface area contributed by atoms with Crippen molar-refractivity contribution in [3.05, 3.63) is 72.2 Å². The lowest BCUT2D eigenvalue weighted by molar-refractivity contribution is 0.166. The Morgan fingerprint density at radius 2 is 1.71 bits per heavy atom. The lowest BCUT2D eigenvalue weighted by Crippen LogP contribution is -2.36. The van der Waals surface area contributed by atoms with Crippen LogP contribution in [0.5, 0.6) is 5.75 Å².